The highest BCUT2D eigenvalue weighted by molar-refractivity contribution is 8.00. The molecule has 1 saturated carbocycles. The maximum atomic E-state index is 12.4. The fourth-order valence-corrected chi connectivity index (χ4v) is 5.88. The number of carbonyl (C=O) groups excluding carboxylic acids is 1. The summed E-state index contributed by atoms with van der Waals surface area (Å²) in [4.78, 5) is 12.4. The number of thioether (sulfide) groups is 1. The molecule has 3 aliphatic carbocycles. The van der Waals surface area contributed by atoms with E-state index in [4.69, 9.17) is 4.74 Å². The van der Waals surface area contributed by atoms with E-state index in [1.54, 1.807) is 11.8 Å². The highest BCUT2D eigenvalue weighted by atomic mass is 32.2. The van der Waals surface area contributed by atoms with Crippen molar-refractivity contribution >= 4 is 17.7 Å². The van der Waals surface area contributed by atoms with Crippen LogP contribution in [0.2, 0.25) is 0 Å². The first-order valence-corrected chi connectivity index (χ1v) is 13.4. The van der Waals surface area contributed by atoms with Crippen molar-refractivity contribution in [2.75, 3.05) is 11.5 Å². The summed E-state index contributed by atoms with van der Waals surface area (Å²) in [6.07, 6.45) is 22.4. The van der Waals surface area contributed by atoms with Gasteiger partial charge in [-0.1, -0.05) is 81.7 Å². The maximum absolute atomic E-state index is 12.4. The molecule has 0 saturated heterocycles. The number of carbonyl (C=O) groups is 1. The van der Waals surface area contributed by atoms with Crippen LogP contribution in [-0.4, -0.2) is 34.3 Å². The van der Waals surface area contributed by atoms with Crippen molar-refractivity contribution < 1.29 is 14.6 Å². The largest absolute Gasteiger partial charge is 0.459 e. The molecule has 32 heavy (non-hydrogen) atoms. The quantitative estimate of drug-likeness (QED) is 0.338. The van der Waals surface area contributed by atoms with Gasteiger partial charge in [-0.15, -0.1) is 11.8 Å². The van der Waals surface area contributed by atoms with Gasteiger partial charge in [-0.3, -0.25) is 4.79 Å². The Bertz CT molecular complexity index is 793. The van der Waals surface area contributed by atoms with Crippen LogP contribution in [0.5, 0.6) is 0 Å². The second kappa shape index (κ2) is 11.6. The van der Waals surface area contributed by atoms with Crippen LogP contribution in [0.3, 0.4) is 0 Å². The monoisotopic (exact) mass is 456 g/mol. The Hall–Kier alpha value is -1.52. The molecule has 1 fully saturated rings. The molecule has 3 unspecified atom stereocenters. The van der Waals surface area contributed by atoms with Crippen LogP contribution in [0.4, 0.5) is 0 Å². The average molecular weight is 457 g/mol. The number of fused-ring (bicyclic) bond motifs is 1. The van der Waals surface area contributed by atoms with Gasteiger partial charge in [0.2, 0.25) is 0 Å². The van der Waals surface area contributed by atoms with Gasteiger partial charge in [0.25, 0.3) is 0 Å². The highest BCUT2D eigenvalue weighted by Gasteiger charge is 2.35. The first-order chi connectivity index (χ1) is 15.3. The molecule has 0 aromatic heterocycles. The first-order valence-electron chi connectivity index (χ1n) is 12.2. The Balaban J connectivity index is 1.53. The van der Waals surface area contributed by atoms with Crippen molar-refractivity contribution in [1.29, 1.82) is 0 Å². The Morgan fingerprint density at radius 2 is 1.97 bits per heavy atom. The molecule has 1 N–H and O–H groups in total. The van der Waals surface area contributed by atoms with Crippen LogP contribution in [0.25, 0.3) is 0 Å². The van der Waals surface area contributed by atoms with Crippen LogP contribution < -0.4 is 0 Å². The van der Waals surface area contributed by atoms with Crippen LogP contribution in [0.15, 0.2) is 59.8 Å². The summed E-state index contributed by atoms with van der Waals surface area (Å²) in [5, 5.41) is 11.0. The second-order valence-corrected chi connectivity index (χ2v) is 11.2. The van der Waals surface area contributed by atoms with Gasteiger partial charge in [-0.25, -0.2) is 0 Å². The van der Waals surface area contributed by atoms with E-state index in [2.05, 4.69) is 58.1 Å². The molecule has 176 valence electrons. The summed E-state index contributed by atoms with van der Waals surface area (Å²) in [7, 11) is 0. The Labute approximate surface area is 198 Å². The van der Waals surface area contributed by atoms with E-state index in [-0.39, 0.29) is 23.4 Å². The van der Waals surface area contributed by atoms with Gasteiger partial charge in [0, 0.05) is 17.6 Å². The van der Waals surface area contributed by atoms with Gasteiger partial charge in [-0.2, -0.15) is 0 Å². The molecule has 0 aromatic rings. The molecule has 0 aromatic carbocycles. The van der Waals surface area contributed by atoms with Gasteiger partial charge in [0.15, 0.2) is 0 Å². The number of allylic oxidation sites excluding steroid dienone is 7. The highest BCUT2D eigenvalue weighted by Crippen LogP contribution is 2.39. The minimum absolute atomic E-state index is 0.0832. The van der Waals surface area contributed by atoms with Crippen molar-refractivity contribution in [1.82, 2.24) is 0 Å². The third-order valence-electron chi connectivity index (χ3n) is 7.08. The molecule has 0 amide bonds. The van der Waals surface area contributed by atoms with E-state index >= 15 is 0 Å². The second-order valence-electron chi connectivity index (χ2n) is 10.2. The van der Waals surface area contributed by atoms with Crippen molar-refractivity contribution in [2.45, 2.75) is 71.5 Å². The summed E-state index contributed by atoms with van der Waals surface area (Å²) < 4.78 is 5.86. The standard InChI is InChI=1S/C28H40O3S/c1-20(2)26-22(18-21-12-7-5-10-16-24(21)27(26)30)13-11-17-32-19-25(29)31-28(3,4)23-14-8-6-9-15-23/h5,7,10-13,16,18,20-21,23,26-27,30H,6,8-9,14-15,17,19H2,1-4H3. The van der Waals surface area contributed by atoms with Crippen LogP contribution >= 0.6 is 11.8 Å². The number of aliphatic hydroxyl groups excluding tert-OH is 1. The van der Waals surface area contributed by atoms with Crippen molar-refractivity contribution in [3.05, 3.63) is 59.8 Å². The fraction of sp³-hybridized carbons (Fsp3) is 0.607. The normalized spacial score (nSPS) is 26.6. The van der Waals surface area contributed by atoms with E-state index in [1.165, 1.54) is 24.8 Å². The van der Waals surface area contributed by atoms with E-state index < -0.39 is 6.10 Å². The van der Waals surface area contributed by atoms with Gasteiger partial charge in [-0.05, 0) is 49.7 Å². The minimum Gasteiger partial charge on any atom is -0.459 e. The lowest BCUT2D eigenvalue weighted by molar-refractivity contribution is -0.159. The van der Waals surface area contributed by atoms with E-state index in [1.807, 2.05) is 18.2 Å². The van der Waals surface area contributed by atoms with Crippen LogP contribution in [-0.2, 0) is 9.53 Å². The predicted molar refractivity (Wildman–Crippen MR) is 135 cm³/mol. The molecule has 3 rings (SSSR count). The Morgan fingerprint density at radius 1 is 1.22 bits per heavy atom. The summed E-state index contributed by atoms with van der Waals surface area (Å²) in [5.41, 5.74) is 1.89. The zero-order valence-electron chi connectivity index (χ0n) is 20.1. The molecule has 4 heteroatoms. The SMILES string of the molecule is CC(C)C1C(C=CCSCC(=O)OC(C)(C)C2CCCCC2)=CC2C=CC=CC=C2C1O. The van der Waals surface area contributed by atoms with Crippen molar-refractivity contribution in [3.63, 3.8) is 0 Å². The number of hydrogen-bond acceptors (Lipinski definition) is 4. The molecular formula is C28H40O3S. The summed E-state index contributed by atoms with van der Waals surface area (Å²) in [6.45, 7) is 8.46. The Morgan fingerprint density at radius 3 is 2.69 bits per heavy atom. The van der Waals surface area contributed by atoms with Crippen molar-refractivity contribution in [3.8, 4) is 0 Å². The maximum Gasteiger partial charge on any atom is 0.316 e. The molecule has 3 aliphatic rings. The van der Waals surface area contributed by atoms with E-state index in [0.29, 0.717) is 17.6 Å². The van der Waals surface area contributed by atoms with Gasteiger partial charge < -0.3 is 9.84 Å². The number of esters is 1. The van der Waals surface area contributed by atoms with Gasteiger partial charge >= 0.3 is 5.97 Å². The lowest BCUT2D eigenvalue weighted by Crippen LogP contribution is -2.38. The molecule has 3 nitrogen and oxygen atoms in total. The number of aliphatic hydroxyl groups is 1. The topological polar surface area (TPSA) is 46.5 Å². The fourth-order valence-electron chi connectivity index (χ4n) is 5.31. The zero-order valence-corrected chi connectivity index (χ0v) is 20.9. The first kappa shape index (κ1) is 25.1. The number of ether oxygens (including phenoxy) is 1. The number of hydrogen-bond donors (Lipinski definition) is 1. The van der Waals surface area contributed by atoms with Crippen LogP contribution in [0.1, 0.15) is 59.8 Å². The predicted octanol–water partition coefficient (Wildman–Crippen LogP) is 6.42. The lowest BCUT2D eigenvalue weighted by Gasteiger charge is -2.36. The third-order valence-corrected chi connectivity index (χ3v) is 7.95. The average Bonchev–Trinajstić information content (AvgIpc) is 2.99. The number of rotatable bonds is 8. The molecular weight excluding hydrogens is 416 g/mol. The van der Waals surface area contributed by atoms with Gasteiger partial charge in [0.1, 0.15) is 5.60 Å². The van der Waals surface area contributed by atoms with E-state index in [9.17, 15) is 9.90 Å². The molecule has 0 heterocycles. The smallest absolute Gasteiger partial charge is 0.316 e. The molecule has 0 spiro atoms. The summed E-state index contributed by atoms with van der Waals surface area (Å²) in [5.74, 6) is 2.05. The third kappa shape index (κ3) is 6.51. The molecule has 0 aliphatic heterocycles. The minimum atomic E-state index is -0.471. The van der Waals surface area contributed by atoms with Crippen molar-refractivity contribution in [2.24, 2.45) is 23.7 Å². The zero-order chi connectivity index (χ0) is 23.1. The van der Waals surface area contributed by atoms with Gasteiger partial charge in [0.05, 0.1) is 11.9 Å². The van der Waals surface area contributed by atoms with Crippen LogP contribution in [0, 0.1) is 23.7 Å². The lowest BCUT2D eigenvalue weighted by atomic mass is 9.72. The molecule has 0 radical (unpaired) electrons. The summed E-state index contributed by atoms with van der Waals surface area (Å²) in [6, 6.07) is 0. The molecule has 3 atom stereocenters. The molecule has 0 bridgehead atoms. The summed E-state index contributed by atoms with van der Waals surface area (Å²) >= 11 is 1.59. The Kier molecular flexibility index (Phi) is 9.07. The van der Waals surface area contributed by atoms with E-state index in [0.717, 1.165) is 24.2 Å².